The van der Waals surface area contributed by atoms with Gasteiger partial charge in [0.1, 0.15) is 0 Å². The van der Waals surface area contributed by atoms with Crippen molar-refractivity contribution in [3.63, 3.8) is 0 Å². The van der Waals surface area contributed by atoms with Gasteiger partial charge in [0.15, 0.2) is 0 Å². The molecule has 0 aliphatic heterocycles. The molecule has 1 aliphatic carbocycles. The lowest BCUT2D eigenvalue weighted by Gasteiger charge is -2.05. The lowest BCUT2D eigenvalue weighted by Crippen LogP contribution is -2.18. The molecule has 0 aromatic heterocycles. The molecule has 1 saturated carbocycles. The van der Waals surface area contributed by atoms with Crippen LogP contribution in [-0.2, 0) is 4.79 Å². The summed E-state index contributed by atoms with van der Waals surface area (Å²) in [5.41, 5.74) is 1.33. The number of benzene rings is 1. The SMILES string of the molecule is CNC(=O)c1ccc(NC(=O)C2CC2)cc1. The van der Waals surface area contributed by atoms with Gasteiger partial charge in [-0.3, -0.25) is 9.59 Å². The molecule has 2 amide bonds. The van der Waals surface area contributed by atoms with E-state index in [0.717, 1.165) is 18.5 Å². The topological polar surface area (TPSA) is 58.2 Å². The second kappa shape index (κ2) is 4.35. The second-order valence-electron chi connectivity index (χ2n) is 3.92. The summed E-state index contributed by atoms with van der Waals surface area (Å²) in [5, 5.41) is 5.36. The third kappa shape index (κ3) is 2.39. The number of anilines is 1. The summed E-state index contributed by atoms with van der Waals surface area (Å²) in [6.07, 6.45) is 1.98. The number of amides is 2. The van der Waals surface area contributed by atoms with Gasteiger partial charge in [-0.15, -0.1) is 0 Å². The molecule has 0 bridgehead atoms. The van der Waals surface area contributed by atoms with Gasteiger partial charge in [-0.2, -0.15) is 0 Å². The van der Waals surface area contributed by atoms with Crippen LogP contribution in [0.1, 0.15) is 23.2 Å². The van der Waals surface area contributed by atoms with E-state index in [-0.39, 0.29) is 17.7 Å². The number of rotatable bonds is 3. The Morgan fingerprint density at radius 1 is 1.19 bits per heavy atom. The quantitative estimate of drug-likeness (QED) is 0.805. The molecule has 0 atom stereocenters. The lowest BCUT2D eigenvalue weighted by atomic mass is 10.2. The van der Waals surface area contributed by atoms with Gasteiger partial charge in [-0.1, -0.05) is 0 Å². The van der Waals surface area contributed by atoms with Gasteiger partial charge in [0.2, 0.25) is 5.91 Å². The number of carbonyl (C=O) groups is 2. The molecule has 1 aromatic rings. The van der Waals surface area contributed by atoms with Crippen molar-refractivity contribution in [1.82, 2.24) is 5.32 Å². The predicted molar refractivity (Wildman–Crippen MR) is 61.2 cm³/mol. The number of carbonyl (C=O) groups excluding carboxylic acids is 2. The maximum atomic E-state index is 11.5. The summed E-state index contributed by atoms with van der Waals surface area (Å²) in [4.78, 5) is 22.7. The summed E-state index contributed by atoms with van der Waals surface area (Å²) in [5.74, 6) is 0.145. The smallest absolute Gasteiger partial charge is 0.251 e. The first-order valence-electron chi connectivity index (χ1n) is 5.33. The molecule has 1 fully saturated rings. The van der Waals surface area contributed by atoms with Crippen molar-refractivity contribution in [2.75, 3.05) is 12.4 Å². The molecule has 2 N–H and O–H groups in total. The fourth-order valence-electron chi connectivity index (χ4n) is 1.44. The van der Waals surface area contributed by atoms with Crippen molar-refractivity contribution >= 4 is 17.5 Å². The number of nitrogens with one attached hydrogen (secondary N) is 2. The molecule has 16 heavy (non-hydrogen) atoms. The van der Waals surface area contributed by atoms with E-state index in [1.165, 1.54) is 0 Å². The fraction of sp³-hybridized carbons (Fsp3) is 0.333. The molecule has 4 heteroatoms. The largest absolute Gasteiger partial charge is 0.355 e. The van der Waals surface area contributed by atoms with E-state index >= 15 is 0 Å². The molecular weight excluding hydrogens is 204 g/mol. The van der Waals surface area contributed by atoms with Crippen molar-refractivity contribution < 1.29 is 9.59 Å². The molecule has 4 nitrogen and oxygen atoms in total. The normalized spacial score (nSPS) is 14.3. The Hall–Kier alpha value is -1.84. The van der Waals surface area contributed by atoms with Gasteiger partial charge >= 0.3 is 0 Å². The molecule has 0 unspecified atom stereocenters. The first-order valence-corrected chi connectivity index (χ1v) is 5.33. The Morgan fingerprint density at radius 3 is 2.31 bits per heavy atom. The van der Waals surface area contributed by atoms with Crippen molar-refractivity contribution in [3.8, 4) is 0 Å². The van der Waals surface area contributed by atoms with Crippen LogP contribution in [0, 0.1) is 5.92 Å². The van der Waals surface area contributed by atoms with Gasteiger partial charge in [0.25, 0.3) is 5.91 Å². The Bertz CT molecular complexity index is 408. The van der Waals surface area contributed by atoms with E-state index in [1.807, 2.05) is 0 Å². The molecule has 1 aromatic carbocycles. The summed E-state index contributed by atoms with van der Waals surface area (Å²) < 4.78 is 0. The van der Waals surface area contributed by atoms with E-state index in [4.69, 9.17) is 0 Å². The van der Waals surface area contributed by atoms with Gasteiger partial charge in [-0.25, -0.2) is 0 Å². The highest BCUT2D eigenvalue weighted by molar-refractivity contribution is 5.96. The van der Waals surface area contributed by atoms with Crippen molar-refractivity contribution in [1.29, 1.82) is 0 Å². The first kappa shape index (κ1) is 10.7. The lowest BCUT2D eigenvalue weighted by molar-refractivity contribution is -0.117. The molecule has 0 saturated heterocycles. The molecule has 2 rings (SSSR count). The molecule has 0 heterocycles. The highest BCUT2D eigenvalue weighted by atomic mass is 16.2. The Labute approximate surface area is 94.0 Å². The van der Waals surface area contributed by atoms with E-state index in [2.05, 4.69) is 10.6 Å². The summed E-state index contributed by atoms with van der Waals surface area (Å²) in [6.45, 7) is 0. The van der Waals surface area contributed by atoms with Crippen LogP contribution in [0.3, 0.4) is 0 Å². The van der Waals surface area contributed by atoms with Crippen molar-refractivity contribution in [3.05, 3.63) is 29.8 Å². The van der Waals surface area contributed by atoms with Crippen molar-refractivity contribution in [2.45, 2.75) is 12.8 Å². The Balaban J connectivity index is 2.01. The second-order valence-corrected chi connectivity index (χ2v) is 3.92. The predicted octanol–water partition coefficient (Wildman–Crippen LogP) is 1.39. The van der Waals surface area contributed by atoms with Crippen LogP contribution in [-0.4, -0.2) is 18.9 Å². The van der Waals surface area contributed by atoms with Crippen LogP contribution in [0.4, 0.5) is 5.69 Å². The minimum atomic E-state index is -0.125. The molecule has 0 spiro atoms. The average molecular weight is 218 g/mol. The third-order valence-electron chi connectivity index (χ3n) is 2.59. The summed E-state index contributed by atoms with van der Waals surface area (Å²) in [6, 6.07) is 6.87. The number of hydrogen-bond acceptors (Lipinski definition) is 2. The van der Waals surface area contributed by atoms with Gasteiger partial charge < -0.3 is 10.6 Å². The monoisotopic (exact) mass is 218 g/mol. The van der Waals surface area contributed by atoms with Crippen LogP contribution in [0.15, 0.2) is 24.3 Å². The van der Waals surface area contributed by atoms with Gasteiger partial charge in [0.05, 0.1) is 0 Å². The van der Waals surface area contributed by atoms with Gasteiger partial charge in [-0.05, 0) is 37.1 Å². The zero-order chi connectivity index (χ0) is 11.5. The molecular formula is C12H14N2O2. The minimum absolute atomic E-state index is 0.0766. The summed E-state index contributed by atoms with van der Waals surface area (Å²) in [7, 11) is 1.59. The molecule has 1 aliphatic rings. The standard InChI is InChI=1S/C12H14N2O2/c1-13-11(15)8-4-6-10(7-5-8)14-12(16)9-2-3-9/h4-7,9H,2-3H2,1H3,(H,13,15)(H,14,16). The number of hydrogen-bond donors (Lipinski definition) is 2. The minimum Gasteiger partial charge on any atom is -0.355 e. The van der Waals surface area contributed by atoms with Crippen LogP contribution in [0.5, 0.6) is 0 Å². The van der Waals surface area contributed by atoms with Crippen LogP contribution >= 0.6 is 0 Å². The zero-order valence-corrected chi connectivity index (χ0v) is 9.12. The maximum absolute atomic E-state index is 11.5. The van der Waals surface area contributed by atoms with E-state index in [0.29, 0.717) is 5.56 Å². The van der Waals surface area contributed by atoms with E-state index in [1.54, 1.807) is 31.3 Å². The summed E-state index contributed by atoms with van der Waals surface area (Å²) >= 11 is 0. The highest BCUT2D eigenvalue weighted by Gasteiger charge is 2.29. The molecule has 0 radical (unpaired) electrons. The maximum Gasteiger partial charge on any atom is 0.251 e. The Morgan fingerprint density at radius 2 is 1.81 bits per heavy atom. The van der Waals surface area contributed by atoms with Crippen molar-refractivity contribution in [2.24, 2.45) is 5.92 Å². The molecule has 84 valence electrons. The highest BCUT2D eigenvalue weighted by Crippen LogP contribution is 2.30. The zero-order valence-electron chi connectivity index (χ0n) is 9.12. The first-order chi connectivity index (χ1) is 7.70. The van der Waals surface area contributed by atoms with Gasteiger partial charge in [0, 0.05) is 24.2 Å². The fourth-order valence-corrected chi connectivity index (χ4v) is 1.44. The Kier molecular flexibility index (Phi) is 2.90. The van der Waals surface area contributed by atoms with E-state index < -0.39 is 0 Å². The van der Waals surface area contributed by atoms with E-state index in [9.17, 15) is 9.59 Å². The average Bonchev–Trinajstić information content (AvgIpc) is 3.13. The van der Waals surface area contributed by atoms with Crippen LogP contribution in [0.25, 0.3) is 0 Å². The van der Waals surface area contributed by atoms with Crippen LogP contribution < -0.4 is 10.6 Å². The third-order valence-corrected chi connectivity index (χ3v) is 2.59. The van der Waals surface area contributed by atoms with Crippen LogP contribution in [0.2, 0.25) is 0 Å².